The molecule has 18 heavy (non-hydrogen) atoms. The maximum atomic E-state index is 10.5. The topological polar surface area (TPSA) is 84.9 Å². The second-order valence-corrected chi connectivity index (χ2v) is 4.61. The van der Waals surface area contributed by atoms with Crippen molar-refractivity contribution in [1.29, 1.82) is 0 Å². The first-order valence-corrected chi connectivity index (χ1v) is 6.11. The number of rotatable bonds is 2. The van der Waals surface area contributed by atoms with Crippen LogP contribution in [0, 0.1) is 0 Å². The zero-order chi connectivity index (χ0) is 12.4. The van der Waals surface area contributed by atoms with Crippen molar-refractivity contribution < 1.29 is 9.63 Å². The van der Waals surface area contributed by atoms with Crippen LogP contribution in [0.3, 0.4) is 0 Å². The third kappa shape index (κ3) is 1.99. The fourth-order valence-corrected chi connectivity index (χ4v) is 2.28. The molecule has 0 bridgehead atoms. The van der Waals surface area contributed by atoms with Gasteiger partial charge in [-0.25, -0.2) is 4.98 Å². The molecule has 2 heterocycles. The van der Waals surface area contributed by atoms with Gasteiger partial charge in [0.15, 0.2) is 0 Å². The van der Waals surface area contributed by atoms with Crippen molar-refractivity contribution in [3.63, 3.8) is 0 Å². The summed E-state index contributed by atoms with van der Waals surface area (Å²) >= 11 is 0. The molecular weight excluding hydrogens is 232 g/mol. The van der Waals surface area contributed by atoms with E-state index in [2.05, 4.69) is 20.1 Å². The lowest BCUT2D eigenvalue weighted by molar-refractivity contribution is -0.0287. The SMILES string of the molecule is OC1(c2nc(-c3cnccn3)no2)CCCCC1. The third-order valence-corrected chi connectivity index (χ3v) is 3.30. The first-order valence-electron chi connectivity index (χ1n) is 6.11. The van der Waals surface area contributed by atoms with Crippen molar-refractivity contribution in [2.75, 3.05) is 0 Å². The molecule has 2 aromatic rings. The first-order chi connectivity index (χ1) is 8.78. The fraction of sp³-hybridized carbons (Fsp3) is 0.500. The van der Waals surface area contributed by atoms with Crippen LogP contribution in [0.25, 0.3) is 11.5 Å². The molecule has 1 aliphatic carbocycles. The Labute approximate surface area is 104 Å². The zero-order valence-electron chi connectivity index (χ0n) is 9.91. The van der Waals surface area contributed by atoms with Crippen LogP contribution in [0.1, 0.15) is 38.0 Å². The van der Waals surface area contributed by atoms with Crippen LogP contribution in [0.15, 0.2) is 23.1 Å². The van der Waals surface area contributed by atoms with Crippen LogP contribution in [0.4, 0.5) is 0 Å². The average molecular weight is 246 g/mol. The highest BCUT2D eigenvalue weighted by molar-refractivity contribution is 5.45. The number of aliphatic hydroxyl groups is 1. The maximum Gasteiger partial charge on any atom is 0.258 e. The number of hydrogen-bond donors (Lipinski definition) is 1. The van der Waals surface area contributed by atoms with E-state index in [1.165, 1.54) is 0 Å². The van der Waals surface area contributed by atoms with Crippen LogP contribution in [0.5, 0.6) is 0 Å². The smallest absolute Gasteiger partial charge is 0.258 e. The molecule has 0 aliphatic heterocycles. The molecule has 1 N–H and O–H groups in total. The molecule has 0 unspecified atom stereocenters. The molecule has 6 heteroatoms. The molecule has 0 amide bonds. The van der Waals surface area contributed by atoms with Crippen molar-refractivity contribution in [1.82, 2.24) is 20.1 Å². The normalized spacial score (nSPS) is 18.7. The Bertz CT molecular complexity index is 520. The molecule has 6 nitrogen and oxygen atoms in total. The van der Waals surface area contributed by atoms with Gasteiger partial charge in [-0.15, -0.1) is 0 Å². The Morgan fingerprint density at radius 1 is 1.17 bits per heavy atom. The highest BCUT2D eigenvalue weighted by Crippen LogP contribution is 2.36. The second-order valence-electron chi connectivity index (χ2n) is 4.61. The molecule has 0 atom stereocenters. The van der Waals surface area contributed by atoms with E-state index >= 15 is 0 Å². The van der Waals surface area contributed by atoms with Crippen LogP contribution in [-0.2, 0) is 5.60 Å². The molecule has 1 aliphatic rings. The average Bonchev–Trinajstić information content (AvgIpc) is 2.91. The van der Waals surface area contributed by atoms with Gasteiger partial charge >= 0.3 is 0 Å². The summed E-state index contributed by atoms with van der Waals surface area (Å²) < 4.78 is 5.18. The highest BCUT2D eigenvalue weighted by atomic mass is 16.5. The summed E-state index contributed by atoms with van der Waals surface area (Å²) in [6, 6.07) is 0. The molecule has 0 radical (unpaired) electrons. The Morgan fingerprint density at radius 2 is 2.00 bits per heavy atom. The lowest BCUT2D eigenvalue weighted by atomic mass is 9.85. The number of hydrogen-bond acceptors (Lipinski definition) is 6. The fourth-order valence-electron chi connectivity index (χ4n) is 2.28. The number of nitrogens with zero attached hydrogens (tertiary/aromatic N) is 4. The van der Waals surface area contributed by atoms with Gasteiger partial charge in [-0.1, -0.05) is 24.4 Å². The monoisotopic (exact) mass is 246 g/mol. The molecule has 94 valence electrons. The maximum absolute atomic E-state index is 10.5. The molecule has 0 spiro atoms. The molecule has 1 saturated carbocycles. The minimum Gasteiger partial charge on any atom is -0.380 e. The number of aromatic nitrogens is 4. The quantitative estimate of drug-likeness (QED) is 0.867. The van der Waals surface area contributed by atoms with Crippen LogP contribution >= 0.6 is 0 Å². The second kappa shape index (κ2) is 4.45. The predicted octanol–water partition coefficient (Wildman–Crippen LogP) is 1.68. The summed E-state index contributed by atoms with van der Waals surface area (Å²) in [5.74, 6) is 0.667. The van der Waals surface area contributed by atoms with Crippen molar-refractivity contribution in [2.24, 2.45) is 0 Å². The van der Waals surface area contributed by atoms with E-state index in [4.69, 9.17) is 4.52 Å². The Balaban J connectivity index is 1.89. The zero-order valence-corrected chi connectivity index (χ0v) is 9.91. The van der Waals surface area contributed by atoms with E-state index in [9.17, 15) is 5.11 Å². The molecule has 0 aromatic carbocycles. The van der Waals surface area contributed by atoms with E-state index < -0.39 is 5.60 Å². The van der Waals surface area contributed by atoms with Gasteiger partial charge in [0, 0.05) is 12.4 Å². The van der Waals surface area contributed by atoms with Gasteiger partial charge in [0.25, 0.3) is 5.89 Å². The van der Waals surface area contributed by atoms with E-state index in [-0.39, 0.29) is 0 Å². The summed E-state index contributed by atoms with van der Waals surface area (Å²) in [7, 11) is 0. The van der Waals surface area contributed by atoms with Gasteiger partial charge in [-0.3, -0.25) is 4.98 Å². The van der Waals surface area contributed by atoms with Gasteiger partial charge in [-0.05, 0) is 12.8 Å². The Morgan fingerprint density at radius 3 is 2.72 bits per heavy atom. The molecular formula is C12H14N4O2. The summed E-state index contributed by atoms with van der Waals surface area (Å²) in [4.78, 5) is 12.3. The van der Waals surface area contributed by atoms with E-state index in [0.717, 1.165) is 19.3 Å². The van der Waals surface area contributed by atoms with Crippen LogP contribution in [0.2, 0.25) is 0 Å². The lowest BCUT2D eigenvalue weighted by Crippen LogP contribution is -2.28. The summed E-state index contributed by atoms with van der Waals surface area (Å²) in [6.07, 6.45) is 9.19. The van der Waals surface area contributed by atoms with Crippen molar-refractivity contribution in [3.8, 4) is 11.5 Å². The summed E-state index contributed by atoms with van der Waals surface area (Å²) in [5, 5.41) is 14.3. The predicted molar refractivity (Wildman–Crippen MR) is 62.3 cm³/mol. The Kier molecular flexibility index (Phi) is 2.79. The van der Waals surface area contributed by atoms with Crippen molar-refractivity contribution in [2.45, 2.75) is 37.7 Å². The molecule has 3 rings (SSSR count). The van der Waals surface area contributed by atoms with Gasteiger partial charge in [0.2, 0.25) is 5.82 Å². The largest absolute Gasteiger partial charge is 0.380 e. The molecule has 0 saturated heterocycles. The van der Waals surface area contributed by atoms with E-state index in [0.29, 0.717) is 30.3 Å². The van der Waals surface area contributed by atoms with E-state index in [1.807, 2.05) is 0 Å². The van der Waals surface area contributed by atoms with Gasteiger partial charge in [0.1, 0.15) is 11.3 Å². The van der Waals surface area contributed by atoms with Crippen molar-refractivity contribution >= 4 is 0 Å². The summed E-state index contributed by atoms with van der Waals surface area (Å²) in [6.45, 7) is 0. The third-order valence-electron chi connectivity index (χ3n) is 3.30. The van der Waals surface area contributed by atoms with Gasteiger partial charge in [0.05, 0.1) is 6.20 Å². The highest BCUT2D eigenvalue weighted by Gasteiger charge is 2.37. The van der Waals surface area contributed by atoms with Gasteiger partial charge < -0.3 is 9.63 Å². The Hall–Kier alpha value is -1.82. The molecule has 1 fully saturated rings. The first kappa shape index (κ1) is 11.3. The van der Waals surface area contributed by atoms with Gasteiger partial charge in [-0.2, -0.15) is 4.98 Å². The van der Waals surface area contributed by atoms with Crippen molar-refractivity contribution in [3.05, 3.63) is 24.5 Å². The lowest BCUT2D eigenvalue weighted by Gasteiger charge is -2.27. The van der Waals surface area contributed by atoms with E-state index in [1.54, 1.807) is 18.6 Å². The minimum atomic E-state index is -0.967. The molecule has 2 aromatic heterocycles. The summed E-state index contributed by atoms with van der Waals surface area (Å²) in [5.41, 5.74) is -0.418. The standard InChI is InChI=1S/C12H14N4O2/c17-12(4-2-1-3-5-12)11-15-10(16-18-11)9-8-13-6-7-14-9/h6-8,17H,1-5H2. The van der Waals surface area contributed by atoms with Crippen LogP contribution < -0.4 is 0 Å². The minimum absolute atomic E-state index is 0.294. The van der Waals surface area contributed by atoms with Crippen LogP contribution in [-0.4, -0.2) is 25.2 Å².